The quantitative estimate of drug-likeness (QED) is 0.167. The highest BCUT2D eigenvalue weighted by Gasteiger charge is 2.24. The summed E-state index contributed by atoms with van der Waals surface area (Å²) < 4.78 is 43.4. The molecule has 13 heteroatoms. The lowest BCUT2D eigenvalue weighted by molar-refractivity contribution is 0.425. The zero-order valence-corrected chi connectivity index (χ0v) is 52.7. The van der Waals surface area contributed by atoms with Crippen molar-refractivity contribution in [3.8, 4) is 22.5 Å². The molecule has 0 radical (unpaired) electrons. The molecule has 0 bridgehead atoms. The fourth-order valence-corrected chi connectivity index (χ4v) is 15.5. The molecule has 22 aromatic rings. The van der Waals surface area contributed by atoms with Gasteiger partial charge in [-0.15, -0.1) is 0 Å². The maximum atomic E-state index is 9.24. The van der Waals surface area contributed by atoms with E-state index in [4.69, 9.17) is 26.5 Å². The van der Waals surface area contributed by atoms with Gasteiger partial charge in [0.1, 0.15) is 67.0 Å². The summed E-state index contributed by atoms with van der Waals surface area (Å²) in [4.78, 5) is 0. The number of hydrogen-bond acceptors (Lipinski definition) is 8. The highest BCUT2D eigenvalue weighted by molar-refractivity contribution is 9.10. The third kappa shape index (κ3) is 8.66. The van der Waals surface area contributed by atoms with E-state index in [0.717, 1.165) is 153 Å². The third-order valence-electron chi connectivity index (χ3n) is 19.2. The molecule has 0 unspecified atom stereocenters. The molecule has 0 spiro atoms. The fourth-order valence-electron chi connectivity index (χ4n) is 15.1. The number of para-hydroxylation sites is 10. The van der Waals surface area contributed by atoms with Gasteiger partial charge in [-0.1, -0.05) is 183 Å². The maximum Gasteiger partial charge on any atom is 0.492 e. The summed E-state index contributed by atoms with van der Waals surface area (Å²) in [5.41, 5.74) is 19.2. The highest BCUT2D eigenvalue weighted by atomic mass is 79.9. The summed E-state index contributed by atoms with van der Waals surface area (Å²) in [6, 6.07) is 95.5. The molecule has 0 atom stereocenters. The molecule has 0 fully saturated rings. The van der Waals surface area contributed by atoms with Crippen molar-refractivity contribution in [3.05, 3.63) is 284 Å². The minimum atomic E-state index is -1.51. The van der Waals surface area contributed by atoms with Crippen LogP contribution in [0, 0.1) is 0 Å². The van der Waals surface area contributed by atoms with Crippen LogP contribution in [0.15, 0.2) is 310 Å². The van der Waals surface area contributed by atoms with Gasteiger partial charge in [0.25, 0.3) is 0 Å². The second-order valence-corrected chi connectivity index (χ2v) is 25.3. The van der Waals surface area contributed by atoms with E-state index in [1.807, 2.05) is 78.9 Å². The summed E-state index contributed by atoms with van der Waals surface area (Å²) in [5, 5.41) is 36.2. The number of furan rings is 6. The normalized spacial score (nSPS) is 11.9. The first-order chi connectivity index (χ1) is 47.4. The van der Waals surface area contributed by atoms with Crippen LogP contribution in [0.25, 0.3) is 198 Å². The van der Waals surface area contributed by atoms with Gasteiger partial charge in [0.15, 0.2) is 0 Å². The van der Waals surface area contributed by atoms with E-state index in [9.17, 15) is 10.0 Å². The van der Waals surface area contributed by atoms with Gasteiger partial charge in [0.2, 0.25) is 0 Å². The summed E-state index contributed by atoms with van der Waals surface area (Å²) in [6.45, 7) is 0. The van der Waals surface area contributed by atoms with Crippen molar-refractivity contribution in [2.45, 2.75) is 7.43 Å². The van der Waals surface area contributed by atoms with Crippen LogP contribution in [0.1, 0.15) is 7.43 Å². The molecule has 0 saturated heterocycles. The molecule has 22 rings (SSSR count). The molecular weight excluding hydrogens is 1290 g/mol. The van der Waals surface area contributed by atoms with Crippen molar-refractivity contribution < 1.29 is 41.3 Å². The van der Waals surface area contributed by atoms with E-state index in [2.05, 4.69) is 213 Å². The number of nitrogens with zero attached hydrogens (tertiary/aromatic N) is 2. The monoisotopic (exact) mass is 1340 g/mol. The van der Waals surface area contributed by atoms with Crippen LogP contribution in [-0.4, -0.2) is 26.3 Å². The van der Waals surface area contributed by atoms with E-state index in [1.165, 1.54) is 43.6 Å². The van der Waals surface area contributed by atoms with E-state index < -0.39 is 7.12 Å². The highest BCUT2D eigenvalue weighted by Crippen LogP contribution is 2.47. The van der Waals surface area contributed by atoms with Gasteiger partial charge >= 0.3 is 7.12 Å². The molecule has 0 aliphatic rings. The predicted molar refractivity (Wildman–Crippen MR) is 404 cm³/mol. The Balaban J connectivity index is 0.000000117. The van der Waals surface area contributed by atoms with Crippen LogP contribution >= 0.6 is 15.9 Å². The topological polar surface area (TPSA) is 129 Å². The standard InChI is InChI=1S/C42H23NO3.C30H16BrNO2.C12H9BO3.CH4.FH/c1-4-16-33-25(9-1)26-10-2-5-17-34(26)43(33)24-19-20-36-32(23-24)40-37(44-36)21-22-38-39(40)31-15-8-14-30(42(31)46-38)29-13-7-12-28-27-11-3-6-18-35(27)45-41(28)29;31-22-9-5-8-20-28-27(34-30(20)22)15-14-26-29(28)21-16-17(12-13-25(21)33-26)32-23-10-3-1-6-18(23)19-7-2-4-11-24(19)32;14-13(15)10-6-3-5-9-8-4-1-2-7-11(8)16-12(9)10;;/h1-23H;1-16H;1-7,14-15H;1H4;1H. The average molecular weight is 1340 g/mol. The molecule has 10 nitrogen and oxygen atoms in total. The van der Waals surface area contributed by atoms with E-state index in [1.54, 1.807) is 12.1 Å². The van der Waals surface area contributed by atoms with Crippen LogP contribution in [0.3, 0.4) is 0 Å². The number of halogens is 2. The number of benzene rings is 14. The third-order valence-corrected chi connectivity index (χ3v) is 19.8. The number of aromatic nitrogens is 2. The van der Waals surface area contributed by atoms with Crippen molar-refractivity contribution in [3.63, 3.8) is 0 Å². The lowest BCUT2D eigenvalue weighted by Gasteiger charge is -2.08. The summed E-state index contributed by atoms with van der Waals surface area (Å²) in [7, 11) is -1.51. The van der Waals surface area contributed by atoms with Crippen molar-refractivity contribution in [2.24, 2.45) is 0 Å². The van der Waals surface area contributed by atoms with Gasteiger partial charge in [-0.05, 0) is 119 Å². The molecule has 14 aromatic carbocycles. The van der Waals surface area contributed by atoms with Gasteiger partial charge in [0, 0.05) is 114 Å². The van der Waals surface area contributed by atoms with Crippen LogP contribution in [0.5, 0.6) is 0 Å². The Kier molecular flexibility index (Phi) is 13.4. The number of fused-ring (bicyclic) bond motifs is 26. The summed E-state index contributed by atoms with van der Waals surface area (Å²) in [5.74, 6) is 0. The zero-order chi connectivity index (χ0) is 63.4. The first-order valence-electron chi connectivity index (χ1n) is 31.8. The second kappa shape index (κ2) is 22.5. The van der Waals surface area contributed by atoms with Crippen molar-refractivity contribution >= 4 is 204 Å². The summed E-state index contributed by atoms with van der Waals surface area (Å²) in [6.07, 6.45) is 0. The molecule has 0 aliphatic heterocycles. The lowest BCUT2D eigenvalue weighted by Crippen LogP contribution is -2.29. The van der Waals surface area contributed by atoms with Crippen molar-refractivity contribution in [2.75, 3.05) is 0 Å². The smallest absolute Gasteiger partial charge is 0.456 e. The van der Waals surface area contributed by atoms with Gasteiger partial charge in [0.05, 0.1) is 26.5 Å². The Morgan fingerprint density at radius 2 is 0.582 bits per heavy atom. The first kappa shape index (κ1) is 58.5. The zero-order valence-electron chi connectivity index (χ0n) is 51.2. The largest absolute Gasteiger partial charge is 0.492 e. The Hall–Kier alpha value is -12.1. The Morgan fingerprint density at radius 3 is 1.06 bits per heavy atom. The van der Waals surface area contributed by atoms with E-state index in [-0.39, 0.29) is 12.1 Å². The maximum absolute atomic E-state index is 9.24. The molecule has 8 aromatic heterocycles. The minimum Gasteiger partial charge on any atom is -0.456 e. The van der Waals surface area contributed by atoms with E-state index in [0.29, 0.717) is 11.0 Å². The first-order valence-corrected chi connectivity index (χ1v) is 32.6. The van der Waals surface area contributed by atoms with Crippen LogP contribution < -0.4 is 5.46 Å². The van der Waals surface area contributed by atoms with Crippen molar-refractivity contribution in [1.82, 2.24) is 9.13 Å². The van der Waals surface area contributed by atoms with Crippen LogP contribution in [0.2, 0.25) is 0 Å². The second-order valence-electron chi connectivity index (χ2n) is 24.4. The minimum absolute atomic E-state index is 0. The summed E-state index contributed by atoms with van der Waals surface area (Å²) >= 11 is 3.64. The van der Waals surface area contributed by atoms with Gasteiger partial charge in [-0.25, -0.2) is 0 Å². The molecule has 0 saturated carbocycles. The molecule has 468 valence electrons. The molecule has 8 heterocycles. The molecule has 98 heavy (non-hydrogen) atoms. The SMILES string of the molecule is Brc1cccc2c1oc1ccc3oc4ccc(-n5c6ccccc6c6ccccc65)cc4c3c12.C.F.OB(O)c1cccc2c1oc1ccccc12.c1ccc2c(c1)oc1c(-c3cccc4c3oc3ccc5oc6ccc(-n7c8ccccc8c8ccccc87)cc6c5c34)cccc12. The van der Waals surface area contributed by atoms with Gasteiger partial charge < -0.3 is 45.7 Å². The molecular formula is C85H53BBrFN2O8. The fraction of sp³-hybridized carbons (Fsp3) is 0.0118. The molecule has 2 N–H and O–H groups in total. The lowest BCUT2D eigenvalue weighted by atomic mass is 9.79. The van der Waals surface area contributed by atoms with Crippen LogP contribution in [0.4, 0.5) is 4.70 Å². The predicted octanol–water partition coefficient (Wildman–Crippen LogP) is 23.5. The number of rotatable bonds is 4. The number of hydrogen-bond donors (Lipinski definition) is 2. The Labute approximate surface area is 564 Å². The van der Waals surface area contributed by atoms with E-state index >= 15 is 0 Å². The Bertz CT molecular complexity index is 6890. The molecule has 0 aliphatic carbocycles. The molecule has 0 amide bonds. The van der Waals surface area contributed by atoms with Crippen molar-refractivity contribution in [1.29, 1.82) is 0 Å². The van der Waals surface area contributed by atoms with Gasteiger partial charge in [-0.3, -0.25) is 4.70 Å². The average Bonchev–Trinajstić information content (AvgIpc) is 1.57. The Morgan fingerprint density at radius 1 is 0.265 bits per heavy atom. The van der Waals surface area contributed by atoms with Crippen LogP contribution in [-0.2, 0) is 0 Å². The van der Waals surface area contributed by atoms with Gasteiger partial charge in [-0.2, -0.15) is 0 Å².